The van der Waals surface area contributed by atoms with Crippen molar-refractivity contribution in [3.63, 3.8) is 0 Å². The number of nitrogens with two attached hydrogens (primary N) is 1. The molecule has 1 aromatic rings. The Kier molecular flexibility index (Phi) is 4.02. The first-order valence-electron chi connectivity index (χ1n) is 5.59. The monoisotopic (exact) mass is 281 g/mol. The smallest absolute Gasteiger partial charge is 0.140 e. The van der Waals surface area contributed by atoms with Crippen LogP contribution in [0, 0.1) is 5.92 Å². The van der Waals surface area contributed by atoms with E-state index in [9.17, 15) is 0 Å². The van der Waals surface area contributed by atoms with Crippen molar-refractivity contribution < 1.29 is 4.74 Å². The normalized spacial score (nSPS) is 15.6. The van der Waals surface area contributed by atoms with E-state index < -0.39 is 0 Å². The van der Waals surface area contributed by atoms with E-state index in [1.54, 1.807) is 0 Å². The lowest BCUT2D eigenvalue weighted by Crippen LogP contribution is -2.01. The third-order valence-electron chi connectivity index (χ3n) is 2.59. The van der Waals surface area contributed by atoms with Crippen LogP contribution in [0.4, 0.5) is 0 Å². The van der Waals surface area contributed by atoms with Gasteiger partial charge in [0.15, 0.2) is 0 Å². The maximum atomic E-state index is 5.85. The van der Waals surface area contributed by atoms with E-state index in [-0.39, 0.29) is 0 Å². The van der Waals surface area contributed by atoms with Gasteiger partial charge in [0, 0.05) is 12.1 Å². The molecule has 16 heavy (non-hydrogen) atoms. The summed E-state index contributed by atoms with van der Waals surface area (Å²) < 4.78 is 6.86. The number of ether oxygens (including phenoxy) is 1. The number of halogens is 1. The van der Waals surface area contributed by atoms with Crippen LogP contribution in [-0.4, -0.2) is 13.2 Å². The fraction of sp³-hybridized carbons (Fsp3) is 0.385. The first-order valence-corrected chi connectivity index (χ1v) is 6.38. The molecule has 1 aliphatic rings. The predicted molar refractivity (Wildman–Crippen MR) is 70.4 cm³/mol. The lowest BCUT2D eigenvalue weighted by atomic mass is 10.2. The van der Waals surface area contributed by atoms with Crippen molar-refractivity contribution in [1.29, 1.82) is 0 Å². The molecule has 0 saturated heterocycles. The number of para-hydroxylation sites is 1. The molecule has 0 amide bonds. The van der Waals surface area contributed by atoms with Gasteiger partial charge in [-0.1, -0.05) is 24.3 Å². The number of hydrogen-bond acceptors (Lipinski definition) is 2. The minimum atomic E-state index is 0.550. The molecule has 2 nitrogen and oxygen atoms in total. The Bertz CT molecular complexity index is 386. The van der Waals surface area contributed by atoms with Crippen LogP contribution in [0.1, 0.15) is 18.4 Å². The predicted octanol–water partition coefficient (Wildman–Crippen LogP) is 3.21. The van der Waals surface area contributed by atoms with Crippen molar-refractivity contribution in [2.24, 2.45) is 11.7 Å². The lowest BCUT2D eigenvalue weighted by molar-refractivity contribution is 0.297. The molecule has 0 bridgehead atoms. The second-order valence-electron chi connectivity index (χ2n) is 4.05. The summed E-state index contributed by atoms with van der Waals surface area (Å²) in [5, 5.41) is 0. The highest BCUT2D eigenvalue weighted by Crippen LogP contribution is 2.34. The third-order valence-corrected chi connectivity index (χ3v) is 3.22. The zero-order chi connectivity index (χ0) is 11.4. The van der Waals surface area contributed by atoms with Crippen molar-refractivity contribution >= 4 is 22.0 Å². The first-order chi connectivity index (χ1) is 7.81. The Labute approximate surface area is 105 Å². The van der Waals surface area contributed by atoms with Crippen LogP contribution in [0.3, 0.4) is 0 Å². The fourth-order valence-electron chi connectivity index (χ4n) is 1.49. The SMILES string of the molecule is NC/C=C/c1cccc(Br)c1OCC1CC1. The number of rotatable bonds is 5. The zero-order valence-electron chi connectivity index (χ0n) is 9.16. The quantitative estimate of drug-likeness (QED) is 0.900. The van der Waals surface area contributed by atoms with Crippen LogP contribution in [0.25, 0.3) is 6.08 Å². The second kappa shape index (κ2) is 5.51. The summed E-state index contributed by atoms with van der Waals surface area (Å²) in [7, 11) is 0. The zero-order valence-corrected chi connectivity index (χ0v) is 10.7. The van der Waals surface area contributed by atoms with Gasteiger partial charge in [-0.2, -0.15) is 0 Å². The minimum absolute atomic E-state index is 0.550. The van der Waals surface area contributed by atoms with Crippen molar-refractivity contribution in [1.82, 2.24) is 0 Å². The molecule has 86 valence electrons. The van der Waals surface area contributed by atoms with Crippen LogP contribution >= 0.6 is 15.9 Å². The van der Waals surface area contributed by atoms with E-state index in [1.807, 2.05) is 30.4 Å². The minimum Gasteiger partial charge on any atom is -0.491 e. The van der Waals surface area contributed by atoms with Crippen LogP contribution in [0.2, 0.25) is 0 Å². The van der Waals surface area contributed by atoms with Gasteiger partial charge >= 0.3 is 0 Å². The van der Waals surface area contributed by atoms with Crippen LogP contribution in [0.5, 0.6) is 5.75 Å². The molecular weight excluding hydrogens is 266 g/mol. The summed E-state index contributed by atoms with van der Waals surface area (Å²) in [5.74, 6) is 1.69. The third kappa shape index (κ3) is 3.09. The molecule has 1 aliphatic carbocycles. The summed E-state index contributed by atoms with van der Waals surface area (Å²) in [4.78, 5) is 0. The fourth-order valence-corrected chi connectivity index (χ4v) is 1.99. The first kappa shape index (κ1) is 11.7. The van der Waals surface area contributed by atoms with Crippen molar-refractivity contribution in [2.45, 2.75) is 12.8 Å². The average Bonchev–Trinajstić information content (AvgIpc) is 3.09. The Morgan fingerprint density at radius 1 is 1.44 bits per heavy atom. The Morgan fingerprint density at radius 3 is 2.94 bits per heavy atom. The Hall–Kier alpha value is -0.800. The maximum Gasteiger partial charge on any atom is 0.140 e. The van der Waals surface area contributed by atoms with E-state index >= 15 is 0 Å². The van der Waals surface area contributed by atoms with E-state index in [4.69, 9.17) is 10.5 Å². The largest absolute Gasteiger partial charge is 0.491 e. The standard InChI is InChI=1S/C13H16BrNO/c14-12-5-1-3-11(4-2-8-15)13(12)16-9-10-6-7-10/h1-5,10H,6-9,15H2/b4-2+. The molecule has 2 N–H and O–H groups in total. The molecule has 0 spiro atoms. The van der Waals surface area contributed by atoms with Gasteiger partial charge in [-0.25, -0.2) is 0 Å². The Balaban J connectivity index is 2.13. The van der Waals surface area contributed by atoms with Crippen molar-refractivity contribution in [3.8, 4) is 5.75 Å². The molecular formula is C13H16BrNO. The number of benzene rings is 1. The van der Waals surface area contributed by atoms with Gasteiger partial charge in [-0.15, -0.1) is 0 Å². The van der Waals surface area contributed by atoms with Crippen molar-refractivity contribution in [2.75, 3.05) is 13.2 Å². The number of hydrogen-bond donors (Lipinski definition) is 1. The molecule has 0 radical (unpaired) electrons. The summed E-state index contributed by atoms with van der Waals surface area (Å²) >= 11 is 3.52. The molecule has 0 heterocycles. The highest BCUT2D eigenvalue weighted by Gasteiger charge is 2.22. The molecule has 1 saturated carbocycles. The molecule has 3 heteroatoms. The summed E-state index contributed by atoms with van der Waals surface area (Å²) in [5.41, 5.74) is 6.54. The topological polar surface area (TPSA) is 35.2 Å². The molecule has 2 rings (SSSR count). The highest BCUT2D eigenvalue weighted by molar-refractivity contribution is 9.10. The van der Waals surface area contributed by atoms with Gasteiger partial charge in [0.25, 0.3) is 0 Å². The average molecular weight is 282 g/mol. The maximum absolute atomic E-state index is 5.85. The van der Waals surface area contributed by atoms with E-state index in [2.05, 4.69) is 15.9 Å². The van der Waals surface area contributed by atoms with Crippen molar-refractivity contribution in [3.05, 3.63) is 34.3 Å². The summed E-state index contributed by atoms with van der Waals surface area (Å²) in [6, 6.07) is 6.05. The Morgan fingerprint density at radius 2 is 2.25 bits per heavy atom. The summed E-state index contributed by atoms with van der Waals surface area (Å²) in [6.07, 6.45) is 6.55. The van der Waals surface area contributed by atoms with Gasteiger partial charge < -0.3 is 10.5 Å². The second-order valence-corrected chi connectivity index (χ2v) is 4.90. The molecule has 0 atom stereocenters. The van der Waals surface area contributed by atoms with E-state index in [0.29, 0.717) is 6.54 Å². The van der Waals surface area contributed by atoms with Gasteiger partial charge in [-0.3, -0.25) is 0 Å². The van der Waals surface area contributed by atoms with Gasteiger partial charge in [0.2, 0.25) is 0 Å². The van der Waals surface area contributed by atoms with Crippen LogP contribution < -0.4 is 10.5 Å². The van der Waals surface area contributed by atoms with Gasteiger partial charge in [0.05, 0.1) is 11.1 Å². The molecule has 0 unspecified atom stereocenters. The van der Waals surface area contributed by atoms with E-state index in [0.717, 1.165) is 28.3 Å². The van der Waals surface area contributed by atoms with Crippen LogP contribution in [-0.2, 0) is 0 Å². The molecule has 1 fully saturated rings. The van der Waals surface area contributed by atoms with E-state index in [1.165, 1.54) is 12.8 Å². The van der Waals surface area contributed by atoms with Gasteiger partial charge in [0.1, 0.15) is 5.75 Å². The molecule has 1 aromatic carbocycles. The highest BCUT2D eigenvalue weighted by atomic mass is 79.9. The molecule has 0 aromatic heterocycles. The van der Waals surface area contributed by atoms with Gasteiger partial charge in [-0.05, 0) is 40.8 Å². The summed E-state index contributed by atoms with van der Waals surface area (Å²) in [6.45, 7) is 1.38. The lowest BCUT2D eigenvalue weighted by Gasteiger charge is -2.10. The van der Waals surface area contributed by atoms with Crippen LogP contribution in [0.15, 0.2) is 28.7 Å². The molecule has 0 aliphatic heterocycles.